The molecule has 0 aliphatic rings. The third-order valence-corrected chi connectivity index (χ3v) is 12.8. The Balaban J connectivity index is 0. The summed E-state index contributed by atoms with van der Waals surface area (Å²) in [5, 5.41) is 0. The minimum atomic E-state index is -0.734. The van der Waals surface area contributed by atoms with Gasteiger partial charge in [0, 0.05) is 19.3 Å². The molecular weight excluding hydrogens is 1120 g/mol. The van der Waals surface area contributed by atoms with Crippen molar-refractivity contribution < 1.29 is 85.6 Å². The smallest absolute Gasteiger partial charge is 0.339 e. The molecule has 0 saturated carbocycles. The van der Waals surface area contributed by atoms with Crippen LogP contribution in [0.4, 0.5) is 0 Å². The molecule has 0 spiro atoms. The molecule has 1 aromatic rings. The molecule has 0 unspecified atom stereocenters. The van der Waals surface area contributed by atoms with Crippen molar-refractivity contribution in [2.75, 3.05) is 79.3 Å². The molecule has 0 heterocycles. The Morgan fingerprint density at radius 1 is 0.287 bits per heavy atom. The van der Waals surface area contributed by atoms with Crippen molar-refractivity contribution in [2.24, 2.45) is 0 Å². The summed E-state index contributed by atoms with van der Waals surface area (Å²) in [7, 11) is 0. The number of hydrogen-bond donors (Lipinski definition) is 0. The first-order valence-electron chi connectivity index (χ1n) is 32.0. The molecule has 0 fully saturated rings. The first-order chi connectivity index (χ1) is 42.6. The third-order valence-electron chi connectivity index (χ3n) is 12.8. The molecule has 0 aliphatic heterocycles. The Labute approximate surface area is 523 Å². The summed E-state index contributed by atoms with van der Waals surface area (Å²) in [4.78, 5) is 72.4. The highest BCUT2D eigenvalue weighted by atomic mass is 16.6. The third kappa shape index (κ3) is 58.1. The van der Waals surface area contributed by atoms with Crippen LogP contribution in [0.2, 0.25) is 0 Å². The minimum absolute atomic E-state index is 0.00968. The zero-order chi connectivity index (χ0) is 64.2. The molecule has 87 heavy (non-hydrogen) atoms. The molecule has 0 N–H and O–H groups in total. The van der Waals surface area contributed by atoms with Gasteiger partial charge in [-0.3, -0.25) is 14.4 Å². The Hall–Kier alpha value is -6.72. The lowest BCUT2D eigenvalue weighted by Gasteiger charge is -2.12. The maximum Gasteiger partial charge on any atom is 0.339 e. The first kappa shape index (κ1) is 82.3. The topological polar surface area (TPSA) is 213 Å². The summed E-state index contributed by atoms with van der Waals surface area (Å²) >= 11 is 0. The van der Waals surface area contributed by atoms with Crippen LogP contribution in [-0.4, -0.2) is 115 Å². The fraction of sp³-hybridized carbons (Fsp3) is 0.652. The summed E-state index contributed by atoms with van der Waals surface area (Å²) in [6.45, 7) is 28.0. The standard InChI is InChI=1S/C27H36O9.C24H46O3.C18H30O6/c1-4-31-15-7-10-18-34-25(28)22-13-14-23(26(29)35-19-11-8-16-32-5-2)24(21-22)27(30)36-20-12-9-17-33-6-3;1-3-5-6-7-8-9-10-11-12-13-14-15-16-17-18-21-24(25)27-23-20-19-22-26-4-2;1-3-21-13-7-9-15-23-17(19)11-5-6-12-18(20)24-16-10-8-14-22-4-2/h4-6,13-14,21H,1-3,7-12,15-20H2;4H,2-3,5-23H2,1H3;3-4H,1-2,5-16H2. The Morgan fingerprint density at radius 3 is 0.828 bits per heavy atom. The zero-order valence-corrected chi connectivity index (χ0v) is 53.4. The largest absolute Gasteiger partial charge is 0.502 e. The zero-order valence-electron chi connectivity index (χ0n) is 53.4. The van der Waals surface area contributed by atoms with Gasteiger partial charge in [0.2, 0.25) is 0 Å². The molecule has 0 aliphatic carbocycles. The van der Waals surface area contributed by atoms with E-state index in [1.54, 1.807) is 0 Å². The van der Waals surface area contributed by atoms with Gasteiger partial charge >= 0.3 is 35.8 Å². The van der Waals surface area contributed by atoms with Crippen LogP contribution in [0.15, 0.2) is 95.2 Å². The van der Waals surface area contributed by atoms with Gasteiger partial charge in [-0.1, -0.05) is 136 Å². The number of hydrogen-bond acceptors (Lipinski definition) is 18. The minimum Gasteiger partial charge on any atom is -0.502 e. The lowest BCUT2D eigenvalue weighted by atomic mass is 10.0. The highest BCUT2D eigenvalue weighted by molar-refractivity contribution is 6.05. The monoisotopic (exact) mass is 1230 g/mol. The summed E-state index contributed by atoms with van der Waals surface area (Å²) in [5.41, 5.74) is 0.0726. The van der Waals surface area contributed by atoms with E-state index in [4.69, 9.17) is 56.8 Å². The molecule has 0 saturated heterocycles. The van der Waals surface area contributed by atoms with E-state index in [9.17, 15) is 28.8 Å². The van der Waals surface area contributed by atoms with Crippen molar-refractivity contribution >= 4 is 35.8 Å². The molecule has 0 radical (unpaired) electrons. The molecule has 0 amide bonds. The number of ether oxygens (including phenoxy) is 12. The van der Waals surface area contributed by atoms with E-state index in [2.05, 4.69) is 46.4 Å². The van der Waals surface area contributed by atoms with Crippen molar-refractivity contribution in [1.82, 2.24) is 0 Å². The van der Waals surface area contributed by atoms with E-state index >= 15 is 0 Å². The predicted molar refractivity (Wildman–Crippen MR) is 340 cm³/mol. The lowest BCUT2D eigenvalue weighted by Crippen LogP contribution is -2.17. The van der Waals surface area contributed by atoms with E-state index < -0.39 is 17.9 Å². The van der Waals surface area contributed by atoms with Crippen LogP contribution < -0.4 is 0 Å². The van der Waals surface area contributed by atoms with Crippen molar-refractivity contribution in [3.05, 3.63) is 112 Å². The molecule has 0 bridgehead atoms. The van der Waals surface area contributed by atoms with E-state index in [-0.39, 0.29) is 54.4 Å². The second kappa shape index (κ2) is 66.8. The van der Waals surface area contributed by atoms with E-state index in [0.717, 1.165) is 51.4 Å². The molecule has 496 valence electrons. The van der Waals surface area contributed by atoms with Gasteiger partial charge in [-0.05, 0) is 115 Å². The number of carbonyl (C=O) groups is 6. The van der Waals surface area contributed by atoms with Crippen LogP contribution in [-0.2, 0) is 71.2 Å². The Bertz CT molecular complexity index is 1880. The van der Waals surface area contributed by atoms with Gasteiger partial charge in [-0.25, -0.2) is 14.4 Å². The maximum atomic E-state index is 12.8. The van der Waals surface area contributed by atoms with E-state index in [1.807, 2.05) is 0 Å². The van der Waals surface area contributed by atoms with Gasteiger partial charge < -0.3 is 56.8 Å². The maximum absolute atomic E-state index is 12.8. The van der Waals surface area contributed by atoms with Crippen LogP contribution in [0.3, 0.4) is 0 Å². The van der Waals surface area contributed by atoms with Crippen LogP contribution in [0.25, 0.3) is 0 Å². The number of unbranched alkanes of at least 4 members (excludes halogenated alkanes) is 21. The van der Waals surface area contributed by atoms with Gasteiger partial charge in [0.05, 0.1) is 134 Å². The molecule has 18 heteroatoms. The SMILES string of the molecule is C=COCCCCOC(=O)CCCCC(=O)OCCCCOC=C.C=COCCCCOC(=O)CCCCCCCCCCCCCCCCC.C=COCCCCOC(=O)c1ccc(C(=O)OCCCCOC=C)c(C(=O)OCCCCOC=C)c1. The Kier molecular flexibility index (Phi) is 63.2. The van der Waals surface area contributed by atoms with Crippen LogP contribution >= 0.6 is 0 Å². The molecule has 1 rings (SSSR count). The van der Waals surface area contributed by atoms with Gasteiger partial charge in [0.25, 0.3) is 0 Å². The average Bonchev–Trinajstić information content (AvgIpc) is 2.14. The molecule has 1 aromatic carbocycles. The highest BCUT2D eigenvalue weighted by Crippen LogP contribution is 2.18. The average molecular weight is 1230 g/mol. The van der Waals surface area contributed by atoms with Gasteiger partial charge in [-0.15, -0.1) is 0 Å². The summed E-state index contributed by atoms with van der Waals surface area (Å²) in [6.07, 6.45) is 39.6. The van der Waals surface area contributed by atoms with Crippen molar-refractivity contribution in [3.8, 4) is 0 Å². The normalized spacial score (nSPS) is 10.2. The molecular formula is C69H112O18. The van der Waals surface area contributed by atoms with Crippen LogP contribution in [0.1, 0.15) is 243 Å². The van der Waals surface area contributed by atoms with Crippen molar-refractivity contribution in [1.29, 1.82) is 0 Å². The van der Waals surface area contributed by atoms with Crippen molar-refractivity contribution in [3.63, 3.8) is 0 Å². The van der Waals surface area contributed by atoms with Crippen LogP contribution in [0, 0.1) is 0 Å². The molecule has 18 nitrogen and oxygen atoms in total. The quantitative estimate of drug-likeness (QED) is 0.0257. The summed E-state index contributed by atoms with van der Waals surface area (Å²) in [5.74, 6) is -2.53. The number of carbonyl (C=O) groups excluding carboxylic acids is 6. The number of benzene rings is 1. The van der Waals surface area contributed by atoms with Gasteiger partial charge in [0.15, 0.2) is 0 Å². The molecule has 0 aromatic heterocycles. The lowest BCUT2D eigenvalue weighted by molar-refractivity contribution is -0.146. The van der Waals surface area contributed by atoms with E-state index in [1.165, 1.54) is 139 Å². The fourth-order valence-corrected chi connectivity index (χ4v) is 7.93. The highest BCUT2D eigenvalue weighted by Gasteiger charge is 2.23. The first-order valence-corrected chi connectivity index (χ1v) is 32.0. The second-order valence-electron chi connectivity index (χ2n) is 20.2. The molecule has 0 atom stereocenters. The van der Waals surface area contributed by atoms with Gasteiger partial charge in [-0.2, -0.15) is 0 Å². The van der Waals surface area contributed by atoms with E-state index in [0.29, 0.717) is 130 Å². The van der Waals surface area contributed by atoms with Gasteiger partial charge in [0.1, 0.15) is 0 Å². The van der Waals surface area contributed by atoms with Crippen LogP contribution in [0.5, 0.6) is 0 Å². The number of rotatable bonds is 60. The summed E-state index contributed by atoms with van der Waals surface area (Å²) < 4.78 is 61.3. The predicted octanol–water partition coefficient (Wildman–Crippen LogP) is 16.2. The number of esters is 6. The summed E-state index contributed by atoms with van der Waals surface area (Å²) in [6, 6.07) is 4.08. The van der Waals surface area contributed by atoms with Crippen molar-refractivity contribution in [2.45, 2.75) is 212 Å². The Morgan fingerprint density at radius 2 is 0.529 bits per heavy atom. The second-order valence-corrected chi connectivity index (χ2v) is 20.2. The fourth-order valence-electron chi connectivity index (χ4n) is 7.93.